The van der Waals surface area contributed by atoms with E-state index in [9.17, 15) is 19.5 Å². The molecule has 9 nitrogen and oxygen atoms in total. The number of aryl methyl sites for hydroxylation is 1. The van der Waals surface area contributed by atoms with Crippen LogP contribution in [0.5, 0.6) is 11.5 Å². The molecule has 1 N–H and O–H groups in total. The minimum atomic E-state index is -1.03. The fourth-order valence-corrected chi connectivity index (χ4v) is 5.29. The summed E-state index contributed by atoms with van der Waals surface area (Å²) < 4.78 is 16.6. The van der Waals surface area contributed by atoms with Crippen LogP contribution in [0, 0.1) is 6.92 Å². The van der Waals surface area contributed by atoms with Gasteiger partial charge < -0.3 is 19.3 Å². The van der Waals surface area contributed by atoms with E-state index >= 15 is 0 Å². The number of amides is 1. The van der Waals surface area contributed by atoms with Crippen LogP contribution in [0.2, 0.25) is 0 Å². The number of aromatic nitrogens is 1. The van der Waals surface area contributed by atoms with Gasteiger partial charge in [0.1, 0.15) is 28.7 Å². The molecular weight excluding hydrogens is 544 g/mol. The molecule has 0 saturated carbocycles. The molecule has 0 spiro atoms. The highest BCUT2D eigenvalue weighted by atomic mass is 32.1. The van der Waals surface area contributed by atoms with Gasteiger partial charge in [0.15, 0.2) is 5.13 Å². The number of carbonyl (C=O) groups is 3. The second-order valence-corrected chi connectivity index (χ2v) is 10.2. The molecule has 3 aromatic rings. The summed E-state index contributed by atoms with van der Waals surface area (Å²) in [6.45, 7) is 10.2. The molecule has 214 valence electrons. The van der Waals surface area contributed by atoms with Crippen LogP contribution in [0.15, 0.2) is 66.8 Å². The first-order valence-corrected chi connectivity index (χ1v) is 14.1. The van der Waals surface area contributed by atoms with Crippen LogP contribution < -0.4 is 14.4 Å². The molecule has 0 bridgehead atoms. The lowest BCUT2D eigenvalue weighted by atomic mass is 9.95. The predicted molar refractivity (Wildman–Crippen MR) is 157 cm³/mol. The number of esters is 1. The molecule has 1 saturated heterocycles. The number of rotatable bonds is 12. The maximum atomic E-state index is 13.5. The first kappa shape index (κ1) is 29.5. The standard InChI is InChI=1S/C31H32N2O7S/c1-5-15-38-22-13-11-20(12-14-22)26(34)24-25(21-9-8-10-23(18-21)39-16-6-2)33(29(36)27(24)35)31-32-19(4)28(41-31)30(37)40-17-7-3/h7-14,18,25,34H,3,5-6,15-17H2,1-2,4H3/b26-24+. The summed E-state index contributed by atoms with van der Waals surface area (Å²) >= 11 is 0.938. The fourth-order valence-electron chi connectivity index (χ4n) is 4.30. The molecule has 1 aliphatic heterocycles. The van der Waals surface area contributed by atoms with Crippen LogP contribution in [-0.2, 0) is 14.3 Å². The minimum Gasteiger partial charge on any atom is -0.507 e. The average Bonchev–Trinajstić information content (AvgIpc) is 3.49. The number of ether oxygens (including phenoxy) is 3. The largest absolute Gasteiger partial charge is 0.507 e. The predicted octanol–water partition coefficient (Wildman–Crippen LogP) is 6.00. The Labute approximate surface area is 242 Å². The van der Waals surface area contributed by atoms with Crippen molar-refractivity contribution in [1.82, 2.24) is 4.98 Å². The number of hydrogen-bond acceptors (Lipinski definition) is 9. The Morgan fingerprint density at radius 3 is 2.41 bits per heavy atom. The van der Waals surface area contributed by atoms with Crippen molar-refractivity contribution in [3.63, 3.8) is 0 Å². The number of aliphatic hydroxyl groups excluding tert-OH is 1. The SMILES string of the molecule is C=CCOC(=O)c1sc(N2C(=O)C(=O)/C(=C(/O)c3ccc(OCCC)cc3)C2c2cccc(OCCC)c2)nc1C. The Morgan fingerprint density at radius 1 is 1.07 bits per heavy atom. The monoisotopic (exact) mass is 576 g/mol. The zero-order chi connectivity index (χ0) is 29.5. The summed E-state index contributed by atoms with van der Waals surface area (Å²) in [6, 6.07) is 12.6. The van der Waals surface area contributed by atoms with Crippen molar-refractivity contribution in [3.8, 4) is 11.5 Å². The molecular formula is C31H32N2O7S. The summed E-state index contributed by atoms with van der Waals surface area (Å²) in [5.41, 5.74) is 1.13. The van der Waals surface area contributed by atoms with E-state index in [1.807, 2.05) is 13.8 Å². The number of benzene rings is 2. The van der Waals surface area contributed by atoms with E-state index in [4.69, 9.17) is 14.2 Å². The molecule has 1 fully saturated rings. The Hall–Kier alpha value is -4.44. The van der Waals surface area contributed by atoms with Crippen LogP contribution in [-0.4, -0.2) is 47.6 Å². The lowest BCUT2D eigenvalue weighted by Crippen LogP contribution is -2.29. The normalized spacial score (nSPS) is 16.1. The van der Waals surface area contributed by atoms with Crippen molar-refractivity contribution in [1.29, 1.82) is 0 Å². The Balaban J connectivity index is 1.84. The number of Topliss-reactive ketones (excluding diaryl/α,β-unsaturated/α-hetero) is 1. The smallest absolute Gasteiger partial charge is 0.350 e. The molecule has 1 unspecified atom stereocenters. The van der Waals surface area contributed by atoms with Crippen molar-refractivity contribution in [2.75, 3.05) is 24.7 Å². The highest BCUT2D eigenvalue weighted by Gasteiger charge is 2.48. The van der Waals surface area contributed by atoms with E-state index < -0.39 is 23.7 Å². The third-order valence-corrected chi connectivity index (χ3v) is 7.34. The van der Waals surface area contributed by atoms with Crippen LogP contribution in [0.25, 0.3) is 5.76 Å². The zero-order valence-corrected chi connectivity index (χ0v) is 24.0. The molecule has 1 aliphatic rings. The van der Waals surface area contributed by atoms with E-state index in [1.54, 1.807) is 55.5 Å². The van der Waals surface area contributed by atoms with Gasteiger partial charge in [-0.2, -0.15) is 0 Å². The summed E-state index contributed by atoms with van der Waals surface area (Å²) in [5.74, 6) is -1.52. The molecule has 41 heavy (non-hydrogen) atoms. The van der Waals surface area contributed by atoms with Crippen molar-refractivity contribution >= 4 is 39.9 Å². The van der Waals surface area contributed by atoms with Crippen LogP contribution in [0.4, 0.5) is 5.13 Å². The van der Waals surface area contributed by atoms with E-state index in [-0.39, 0.29) is 27.9 Å². The molecule has 1 amide bonds. The molecule has 10 heteroatoms. The summed E-state index contributed by atoms with van der Waals surface area (Å²) in [5, 5.41) is 11.6. The van der Waals surface area contributed by atoms with Gasteiger partial charge in [-0.15, -0.1) is 0 Å². The molecule has 2 heterocycles. The number of hydrogen-bond donors (Lipinski definition) is 1. The highest BCUT2D eigenvalue weighted by molar-refractivity contribution is 7.17. The first-order valence-electron chi connectivity index (χ1n) is 13.3. The van der Waals surface area contributed by atoms with E-state index in [0.717, 1.165) is 24.2 Å². The number of ketones is 1. The van der Waals surface area contributed by atoms with Gasteiger partial charge in [0.25, 0.3) is 5.78 Å². The third-order valence-electron chi connectivity index (χ3n) is 6.20. The van der Waals surface area contributed by atoms with Gasteiger partial charge in [0.05, 0.1) is 30.5 Å². The number of aliphatic hydroxyl groups is 1. The second-order valence-electron chi connectivity index (χ2n) is 9.26. The van der Waals surface area contributed by atoms with Gasteiger partial charge in [-0.05, 0) is 61.7 Å². The Morgan fingerprint density at radius 2 is 1.76 bits per heavy atom. The minimum absolute atomic E-state index is 0.0167. The van der Waals surface area contributed by atoms with Crippen LogP contribution in [0.1, 0.15) is 59.2 Å². The maximum Gasteiger partial charge on any atom is 0.350 e. The number of carbonyl (C=O) groups excluding carboxylic acids is 3. The van der Waals surface area contributed by atoms with Gasteiger partial charge in [0.2, 0.25) is 0 Å². The van der Waals surface area contributed by atoms with Gasteiger partial charge >= 0.3 is 11.9 Å². The van der Waals surface area contributed by atoms with Gasteiger partial charge in [-0.25, -0.2) is 9.78 Å². The lowest BCUT2D eigenvalue weighted by molar-refractivity contribution is -0.132. The summed E-state index contributed by atoms with van der Waals surface area (Å²) in [4.78, 5) is 45.5. The second kappa shape index (κ2) is 13.3. The molecule has 0 aliphatic carbocycles. The van der Waals surface area contributed by atoms with Crippen molar-refractivity contribution in [3.05, 3.63) is 88.5 Å². The summed E-state index contributed by atoms with van der Waals surface area (Å²) in [7, 11) is 0. The van der Waals surface area contributed by atoms with E-state index in [0.29, 0.717) is 41.5 Å². The van der Waals surface area contributed by atoms with Crippen molar-refractivity contribution in [2.45, 2.75) is 39.7 Å². The molecule has 0 radical (unpaired) electrons. The average molecular weight is 577 g/mol. The maximum absolute atomic E-state index is 13.5. The quantitative estimate of drug-likeness (QED) is 0.0918. The molecule has 4 rings (SSSR count). The van der Waals surface area contributed by atoms with E-state index in [1.165, 1.54) is 11.0 Å². The summed E-state index contributed by atoms with van der Waals surface area (Å²) in [6.07, 6.45) is 3.09. The van der Waals surface area contributed by atoms with E-state index in [2.05, 4.69) is 11.6 Å². The number of nitrogens with zero attached hydrogens (tertiary/aromatic N) is 2. The van der Waals surface area contributed by atoms with Crippen LogP contribution in [0.3, 0.4) is 0 Å². The van der Waals surface area contributed by atoms with Crippen molar-refractivity contribution in [2.24, 2.45) is 0 Å². The third kappa shape index (κ3) is 6.33. The molecule has 1 atom stereocenters. The number of anilines is 1. The van der Waals surface area contributed by atoms with Gasteiger partial charge in [-0.1, -0.05) is 50.0 Å². The lowest BCUT2D eigenvalue weighted by Gasteiger charge is -2.23. The number of thiazole rings is 1. The van der Waals surface area contributed by atoms with Crippen molar-refractivity contribution < 1.29 is 33.7 Å². The first-order chi connectivity index (χ1) is 19.8. The van der Waals surface area contributed by atoms with Gasteiger partial charge in [-0.3, -0.25) is 14.5 Å². The Bertz CT molecular complexity index is 1480. The Kier molecular flexibility index (Phi) is 9.57. The fraction of sp³-hybridized carbons (Fsp3) is 0.290. The van der Waals surface area contributed by atoms with Crippen LogP contribution >= 0.6 is 11.3 Å². The zero-order valence-electron chi connectivity index (χ0n) is 23.2. The molecule has 1 aromatic heterocycles. The highest BCUT2D eigenvalue weighted by Crippen LogP contribution is 2.44. The molecule has 2 aromatic carbocycles. The topological polar surface area (TPSA) is 115 Å². The van der Waals surface area contributed by atoms with Gasteiger partial charge in [0, 0.05) is 5.56 Å².